The Kier molecular flexibility index (Phi) is 4.73. The first-order chi connectivity index (χ1) is 13.1. The lowest BCUT2D eigenvalue weighted by molar-refractivity contribution is -0.118. The summed E-state index contributed by atoms with van der Waals surface area (Å²) in [5.74, 6) is -0.867. The molecule has 2 aromatic carbocycles. The summed E-state index contributed by atoms with van der Waals surface area (Å²) in [6.07, 6.45) is 1.97. The summed E-state index contributed by atoms with van der Waals surface area (Å²) in [5.41, 5.74) is 2.04. The summed E-state index contributed by atoms with van der Waals surface area (Å²) in [4.78, 5) is 14.5. The second-order valence-electron chi connectivity index (χ2n) is 6.58. The molecule has 27 heavy (non-hydrogen) atoms. The molecule has 138 valence electrons. The van der Waals surface area contributed by atoms with Crippen LogP contribution in [0.2, 0.25) is 0 Å². The highest BCUT2D eigenvalue weighted by molar-refractivity contribution is 5.92. The number of rotatable bonds is 4. The Morgan fingerprint density at radius 3 is 2.56 bits per heavy atom. The summed E-state index contributed by atoms with van der Waals surface area (Å²) >= 11 is 0. The number of nitrogens with zero attached hydrogens (tertiary/aromatic N) is 2. The molecule has 1 aromatic heterocycles. The second-order valence-corrected chi connectivity index (χ2v) is 6.58. The van der Waals surface area contributed by atoms with Crippen molar-refractivity contribution in [2.75, 3.05) is 18.4 Å². The maximum absolute atomic E-state index is 14.5. The van der Waals surface area contributed by atoms with E-state index < -0.39 is 0 Å². The minimum atomic E-state index is -0.357. The molecule has 1 N–H and O–H groups in total. The van der Waals surface area contributed by atoms with Crippen LogP contribution in [0.5, 0.6) is 0 Å². The van der Waals surface area contributed by atoms with Gasteiger partial charge in [0.05, 0.1) is 12.6 Å². The molecule has 4 nitrogen and oxygen atoms in total. The van der Waals surface area contributed by atoms with Crippen LogP contribution in [0.1, 0.15) is 17.3 Å². The summed E-state index contributed by atoms with van der Waals surface area (Å²) in [6.45, 7) is 1.47. The number of fused-ring (bicyclic) bond motifs is 1. The Bertz CT molecular complexity index is 952. The molecule has 4 rings (SSSR count). The van der Waals surface area contributed by atoms with Crippen molar-refractivity contribution in [1.29, 1.82) is 0 Å². The highest BCUT2D eigenvalue weighted by Crippen LogP contribution is 2.33. The van der Waals surface area contributed by atoms with Gasteiger partial charge in [-0.3, -0.25) is 9.69 Å². The maximum atomic E-state index is 14.5. The van der Waals surface area contributed by atoms with Crippen molar-refractivity contribution in [2.45, 2.75) is 12.6 Å². The smallest absolute Gasteiger partial charge is 0.238 e. The van der Waals surface area contributed by atoms with E-state index in [-0.39, 0.29) is 30.1 Å². The van der Waals surface area contributed by atoms with E-state index in [2.05, 4.69) is 9.88 Å². The van der Waals surface area contributed by atoms with E-state index in [1.165, 1.54) is 30.3 Å². The van der Waals surface area contributed by atoms with E-state index in [9.17, 15) is 13.6 Å². The Balaban J connectivity index is 1.58. The Morgan fingerprint density at radius 1 is 1.00 bits per heavy atom. The third-order valence-corrected chi connectivity index (χ3v) is 4.81. The van der Waals surface area contributed by atoms with Crippen molar-refractivity contribution >= 4 is 11.6 Å². The van der Waals surface area contributed by atoms with Crippen molar-refractivity contribution in [3.8, 4) is 0 Å². The Hall–Kier alpha value is -2.99. The number of benzene rings is 2. The third-order valence-electron chi connectivity index (χ3n) is 4.81. The molecule has 0 saturated carbocycles. The molecule has 0 fully saturated rings. The summed E-state index contributed by atoms with van der Waals surface area (Å²) in [6, 6.07) is 15.8. The van der Waals surface area contributed by atoms with Gasteiger partial charge in [0.15, 0.2) is 0 Å². The fourth-order valence-corrected chi connectivity index (χ4v) is 3.57. The highest BCUT2D eigenvalue weighted by atomic mass is 19.1. The van der Waals surface area contributed by atoms with Crippen molar-refractivity contribution in [3.05, 3.63) is 89.8 Å². The van der Waals surface area contributed by atoms with Crippen LogP contribution in [0.4, 0.5) is 14.5 Å². The zero-order chi connectivity index (χ0) is 18.8. The van der Waals surface area contributed by atoms with Gasteiger partial charge in [0.1, 0.15) is 11.6 Å². The van der Waals surface area contributed by atoms with Gasteiger partial charge >= 0.3 is 0 Å². The number of hydrogen-bond acceptors (Lipinski definition) is 2. The molecule has 1 amide bonds. The van der Waals surface area contributed by atoms with Crippen LogP contribution in [-0.2, 0) is 11.3 Å². The molecule has 1 atom stereocenters. The Labute approximate surface area is 156 Å². The molecule has 0 radical (unpaired) electrons. The molecule has 1 aliphatic heterocycles. The lowest BCUT2D eigenvalue weighted by Gasteiger charge is -2.37. The molecule has 0 saturated heterocycles. The van der Waals surface area contributed by atoms with Gasteiger partial charge in [-0.15, -0.1) is 0 Å². The number of hydrogen-bond donors (Lipinski definition) is 1. The minimum absolute atomic E-state index is 0.113. The second kappa shape index (κ2) is 7.32. The number of amides is 1. The van der Waals surface area contributed by atoms with E-state index in [0.717, 1.165) is 12.2 Å². The molecular formula is C21H19F2N3O. The van der Waals surface area contributed by atoms with Gasteiger partial charge in [-0.05, 0) is 42.5 Å². The monoisotopic (exact) mass is 367 g/mol. The lowest BCUT2D eigenvalue weighted by atomic mass is 9.99. The van der Waals surface area contributed by atoms with Crippen molar-refractivity contribution in [3.63, 3.8) is 0 Å². The molecule has 6 heteroatoms. The first-order valence-corrected chi connectivity index (χ1v) is 8.81. The number of carbonyl (C=O) groups is 1. The van der Waals surface area contributed by atoms with Crippen molar-refractivity contribution in [2.24, 2.45) is 0 Å². The molecule has 1 unspecified atom stereocenters. The largest absolute Gasteiger partial charge is 0.348 e. The fraction of sp³-hybridized carbons (Fsp3) is 0.190. The standard InChI is InChI=1S/C21H19F2N3O/c22-15-7-9-16(10-8-15)24-20(27)14-26-13-12-25-11-3-6-19(25)21(26)17-4-1-2-5-18(17)23/h1-11,21H,12-14H2,(H,24,27). The van der Waals surface area contributed by atoms with Crippen LogP contribution in [0.15, 0.2) is 66.9 Å². The number of aromatic nitrogens is 1. The van der Waals surface area contributed by atoms with E-state index >= 15 is 0 Å². The van der Waals surface area contributed by atoms with Crippen molar-refractivity contribution < 1.29 is 13.6 Å². The molecule has 2 heterocycles. The average Bonchev–Trinajstić information content (AvgIpc) is 3.13. The molecule has 0 bridgehead atoms. The maximum Gasteiger partial charge on any atom is 0.238 e. The topological polar surface area (TPSA) is 37.3 Å². The lowest BCUT2D eigenvalue weighted by Crippen LogP contribution is -2.43. The highest BCUT2D eigenvalue weighted by Gasteiger charge is 2.31. The van der Waals surface area contributed by atoms with E-state index in [0.29, 0.717) is 17.8 Å². The molecule has 0 spiro atoms. The number of carbonyl (C=O) groups excluding carboxylic acids is 1. The molecule has 0 aliphatic carbocycles. The normalized spacial score (nSPS) is 16.7. The van der Waals surface area contributed by atoms with Crippen LogP contribution in [0.25, 0.3) is 0 Å². The Morgan fingerprint density at radius 2 is 1.78 bits per heavy atom. The van der Waals surface area contributed by atoms with Crippen LogP contribution < -0.4 is 5.32 Å². The van der Waals surface area contributed by atoms with E-state index in [1.54, 1.807) is 18.2 Å². The van der Waals surface area contributed by atoms with E-state index in [4.69, 9.17) is 0 Å². The average molecular weight is 367 g/mol. The number of nitrogens with one attached hydrogen (secondary N) is 1. The molecular weight excluding hydrogens is 348 g/mol. The predicted octanol–water partition coefficient (Wildman–Crippen LogP) is 3.81. The van der Waals surface area contributed by atoms with Gasteiger partial charge < -0.3 is 9.88 Å². The number of anilines is 1. The van der Waals surface area contributed by atoms with Crippen LogP contribution in [-0.4, -0.2) is 28.5 Å². The fourth-order valence-electron chi connectivity index (χ4n) is 3.57. The van der Waals surface area contributed by atoms with Crippen molar-refractivity contribution in [1.82, 2.24) is 9.47 Å². The van der Waals surface area contributed by atoms with Gasteiger partial charge in [-0.2, -0.15) is 0 Å². The van der Waals surface area contributed by atoms with Gasteiger partial charge in [0, 0.05) is 36.2 Å². The zero-order valence-corrected chi connectivity index (χ0v) is 14.6. The SMILES string of the molecule is O=C(CN1CCn2cccc2C1c1ccccc1F)Nc1ccc(F)cc1. The first kappa shape index (κ1) is 17.4. The van der Waals surface area contributed by atoms with E-state index in [1.807, 2.05) is 23.2 Å². The summed E-state index contributed by atoms with van der Waals surface area (Å²) in [7, 11) is 0. The van der Waals surface area contributed by atoms with Crippen LogP contribution in [0, 0.1) is 11.6 Å². The van der Waals surface area contributed by atoms with Crippen LogP contribution >= 0.6 is 0 Å². The van der Waals surface area contributed by atoms with Gasteiger partial charge in [-0.25, -0.2) is 8.78 Å². The molecule has 3 aromatic rings. The molecule has 1 aliphatic rings. The van der Waals surface area contributed by atoms with Crippen LogP contribution in [0.3, 0.4) is 0 Å². The minimum Gasteiger partial charge on any atom is -0.348 e. The summed E-state index contributed by atoms with van der Waals surface area (Å²) < 4.78 is 29.6. The quantitative estimate of drug-likeness (QED) is 0.761. The van der Waals surface area contributed by atoms with Gasteiger partial charge in [0.25, 0.3) is 0 Å². The first-order valence-electron chi connectivity index (χ1n) is 8.81. The zero-order valence-electron chi connectivity index (χ0n) is 14.6. The summed E-state index contributed by atoms with van der Waals surface area (Å²) in [5, 5.41) is 2.77. The predicted molar refractivity (Wildman–Crippen MR) is 99.3 cm³/mol. The third kappa shape index (κ3) is 3.61. The van der Waals surface area contributed by atoms with Gasteiger partial charge in [0.2, 0.25) is 5.91 Å². The van der Waals surface area contributed by atoms with Gasteiger partial charge in [-0.1, -0.05) is 18.2 Å². The number of halogens is 2.